The first-order chi connectivity index (χ1) is 11.5. The molecule has 0 saturated carbocycles. The van der Waals surface area contributed by atoms with Gasteiger partial charge in [0.25, 0.3) is 0 Å². The van der Waals surface area contributed by atoms with E-state index < -0.39 is 0 Å². The van der Waals surface area contributed by atoms with Crippen molar-refractivity contribution in [2.75, 3.05) is 38.9 Å². The van der Waals surface area contributed by atoms with Crippen molar-refractivity contribution < 1.29 is 9.47 Å². The van der Waals surface area contributed by atoms with Crippen LogP contribution in [-0.2, 0) is 0 Å². The Bertz CT molecular complexity index is 897. The molecule has 2 heterocycles. The number of benzene rings is 1. The van der Waals surface area contributed by atoms with Gasteiger partial charge in [-0.05, 0) is 18.2 Å². The molecule has 0 amide bonds. The summed E-state index contributed by atoms with van der Waals surface area (Å²) in [5.74, 6) is 2.06. The van der Waals surface area contributed by atoms with Gasteiger partial charge < -0.3 is 20.1 Å². The molecular weight excluding hydrogens is 308 g/mol. The Hall–Kier alpha value is -3.16. The molecule has 0 radical (unpaired) electrons. The summed E-state index contributed by atoms with van der Waals surface area (Å²) in [6.45, 7) is 0. The zero-order valence-electron chi connectivity index (χ0n) is 13.9. The fourth-order valence-corrected chi connectivity index (χ4v) is 2.36. The first-order valence-electron chi connectivity index (χ1n) is 7.23. The van der Waals surface area contributed by atoms with Crippen molar-refractivity contribution in [3.63, 3.8) is 0 Å². The summed E-state index contributed by atoms with van der Waals surface area (Å²) in [4.78, 5) is 19.2. The molecule has 124 valence electrons. The number of rotatable bonds is 4. The maximum absolute atomic E-state index is 5.73. The number of aromatic nitrogens is 4. The quantitative estimate of drug-likeness (QED) is 0.774. The second kappa shape index (κ2) is 6.15. The van der Waals surface area contributed by atoms with Gasteiger partial charge in [-0.15, -0.1) is 0 Å². The van der Waals surface area contributed by atoms with Crippen LogP contribution in [0, 0.1) is 0 Å². The number of nitrogen functional groups attached to an aromatic ring is 1. The van der Waals surface area contributed by atoms with Crippen LogP contribution in [0.25, 0.3) is 22.4 Å². The Morgan fingerprint density at radius 3 is 2.42 bits per heavy atom. The Morgan fingerprint density at radius 2 is 1.75 bits per heavy atom. The monoisotopic (exact) mass is 326 g/mol. The van der Waals surface area contributed by atoms with E-state index in [1.807, 2.05) is 37.2 Å². The average molecular weight is 326 g/mol. The molecule has 0 unspecified atom stereocenters. The number of hydrogen-bond acceptors (Lipinski definition) is 8. The van der Waals surface area contributed by atoms with Crippen molar-refractivity contribution in [1.82, 2.24) is 19.9 Å². The third-order valence-electron chi connectivity index (χ3n) is 3.51. The summed E-state index contributed by atoms with van der Waals surface area (Å²) in [6, 6.07) is 5.57. The van der Waals surface area contributed by atoms with Crippen molar-refractivity contribution in [2.45, 2.75) is 0 Å². The molecule has 24 heavy (non-hydrogen) atoms. The Balaban J connectivity index is 2.17. The predicted octanol–water partition coefficient (Wildman–Crippen LogP) is 1.75. The van der Waals surface area contributed by atoms with Gasteiger partial charge in [-0.2, -0.15) is 9.97 Å². The third-order valence-corrected chi connectivity index (χ3v) is 3.51. The normalized spacial score (nSPS) is 10.7. The minimum atomic E-state index is 0.166. The zero-order valence-corrected chi connectivity index (χ0v) is 13.9. The lowest BCUT2D eigenvalue weighted by atomic mass is 10.1. The summed E-state index contributed by atoms with van der Waals surface area (Å²) >= 11 is 0. The maximum atomic E-state index is 5.73. The summed E-state index contributed by atoms with van der Waals surface area (Å²) in [5.41, 5.74) is 8.30. The van der Waals surface area contributed by atoms with Crippen molar-refractivity contribution >= 4 is 22.9 Å². The predicted molar refractivity (Wildman–Crippen MR) is 92.4 cm³/mol. The number of methoxy groups -OCH3 is 2. The Morgan fingerprint density at radius 1 is 1.00 bits per heavy atom. The first-order valence-corrected chi connectivity index (χ1v) is 7.23. The maximum Gasteiger partial charge on any atom is 0.224 e. The number of hydrogen-bond donors (Lipinski definition) is 1. The largest absolute Gasteiger partial charge is 0.493 e. The van der Waals surface area contributed by atoms with Gasteiger partial charge in [-0.3, -0.25) is 0 Å². The molecule has 0 fully saturated rings. The second-order valence-corrected chi connectivity index (χ2v) is 5.30. The Labute approximate surface area is 139 Å². The number of anilines is 2. The molecular formula is C16H18N6O2. The molecule has 0 aliphatic heterocycles. The van der Waals surface area contributed by atoms with Crippen molar-refractivity contribution in [1.29, 1.82) is 0 Å². The molecule has 8 nitrogen and oxygen atoms in total. The van der Waals surface area contributed by atoms with Gasteiger partial charge in [-0.25, -0.2) is 9.97 Å². The summed E-state index contributed by atoms with van der Waals surface area (Å²) in [5, 5.41) is 0. The van der Waals surface area contributed by atoms with E-state index in [1.54, 1.807) is 20.4 Å². The Kier molecular flexibility index (Phi) is 4.03. The van der Waals surface area contributed by atoms with Gasteiger partial charge in [0, 0.05) is 19.7 Å². The van der Waals surface area contributed by atoms with Crippen LogP contribution in [0.4, 0.5) is 11.8 Å². The summed E-state index contributed by atoms with van der Waals surface area (Å²) in [7, 11) is 6.92. The van der Waals surface area contributed by atoms with Gasteiger partial charge in [0.05, 0.1) is 26.1 Å². The smallest absolute Gasteiger partial charge is 0.224 e. The van der Waals surface area contributed by atoms with E-state index in [9.17, 15) is 0 Å². The topological polar surface area (TPSA) is 99.3 Å². The molecule has 0 aliphatic rings. The lowest BCUT2D eigenvalue weighted by molar-refractivity contribution is 0.355. The van der Waals surface area contributed by atoms with Crippen LogP contribution in [0.3, 0.4) is 0 Å². The zero-order chi connectivity index (χ0) is 17.3. The fourth-order valence-electron chi connectivity index (χ4n) is 2.36. The van der Waals surface area contributed by atoms with Crippen LogP contribution in [0.1, 0.15) is 0 Å². The molecule has 3 aromatic rings. The highest BCUT2D eigenvalue weighted by atomic mass is 16.5. The summed E-state index contributed by atoms with van der Waals surface area (Å²) in [6.07, 6.45) is 1.65. The van der Waals surface area contributed by atoms with Crippen molar-refractivity contribution in [3.05, 3.63) is 24.4 Å². The molecule has 0 bridgehead atoms. The second-order valence-electron chi connectivity index (χ2n) is 5.30. The molecule has 3 rings (SSSR count). The van der Waals surface area contributed by atoms with E-state index in [-0.39, 0.29) is 5.95 Å². The minimum absolute atomic E-state index is 0.166. The number of ether oxygens (including phenoxy) is 2. The van der Waals surface area contributed by atoms with Gasteiger partial charge >= 0.3 is 0 Å². The van der Waals surface area contributed by atoms with Crippen LogP contribution in [0.2, 0.25) is 0 Å². The third kappa shape index (κ3) is 2.73. The van der Waals surface area contributed by atoms with Gasteiger partial charge in [0.15, 0.2) is 28.5 Å². The lowest BCUT2D eigenvalue weighted by Crippen LogP contribution is -2.14. The summed E-state index contributed by atoms with van der Waals surface area (Å²) < 4.78 is 10.6. The first kappa shape index (κ1) is 15.7. The standard InChI is InChI=1S/C16H18N6O2/c1-22(2)15-13-14(20-16(17)21-15)18-8-10(19-13)9-5-6-11(23-3)12(7-9)24-4/h5-8H,1-4H3,(H2,17,18,20,21). The average Bonchev–Trinajstić information content (AvgIpc) is 2.59. The van der Waals surface area contributed by atoms with Crippen LogP contribution >= 0.6 is 0 Å². The van der Waals surface area contributed by atoms with E-state index in [2.05, 4.69) is 19.9 Å². The molecule has 0 saturated heterocycles. The SMILES string of the molecule is COc1ccc(-c2cnc3nc(N)nc(N(C)C)c3n2)cc1OC. The van der Waals surface area contributed by atoms with Crippen LogP contribution in [-0.4, -0.2) is 48.3 Å². The van der Waals surface area contributed by atoms with Gasteiger partial charge in [0.2, 0.25) is 5.95 Å². The molecule has 8 heteroatoms. The lowest BCUT2D eigenvalue weighted by Gasteiger charge is -2.14. The number of nitrogens with two attached hydrogens (primary N) is 1. The molecule has 2 aromatic heterocycles. The van der Waals surface area contributed by atoms with Gasteiger partial charge in [-0.1, -0.05) is 0 Å². The van der Waals surface area contributed by atoms with Crippen LogP contribution < -0.4 is 20.1 Å². The molecule has 1 aromatic carbocycles. The molecule has 0 aliphatic carbocycles. The van der Waals surface area contributed by atoms with E-state index in [4.69, 9.17) is 15.2 Å². The molecule has 0 spiro atoms. The number of fused-ring (bicyclic) bond motifs is 1. The van der Waals surface area contributed by atoms with E-state index in [0.717, 1.165) is 5.56 Å². The highest BCUT2D eigenvalue weighted by molar-refractivity contribution is 5.85. The van der Waals surface area contributed by atoms with E-state index >= 15 is 0 Å². The fraction of sp³-hybridized carbons (Fsp3) is 0.250. The highest BCUT2D eigenvalue weighted by Crippen LogP contribution is 2.32. The van der Waals surface area contributed by atoms with E-state index in [0.29, 0.717) is 34.2 Å². The highest BCUT2D eigenvalue weighted by Gasteiger charge is 2.13. The number of nitrogens with zero attached hydrogens (tertiary/aromatic N) is 5. The van der Waals surface area contributed by atoms with Crippen molar-refractivity contribution in [3.8, 4) is 22.8 Å². The van der Waals surface area contributed by atoms with Crippen molar-refractivity contribution in [2.24, 2.45) is 0 Å². The molecule has 2 N–H and O–H groups in total. The van der Waals surface area contributed by atoms with E-state index in [1.165, 1.54) is 0 Å². The minimum Gasteiger partial charge on any atom is -0.493 e. The van der Waals surface area contributed by atoms with Gasteiger partial charge in [0.1, 0.15) is 0 Å². The molecule has 0 atom stereocenters. The van der Waals surface area contributed by atoms with Crippen LogP contribution in [0.15, 0.2) is 24.4 Å². The van der Waals surface area contributed by atoms with Crippen LogP contribution in [0.5, 0.6) is 11.5 Å².